The highest BCUT2D eigenvalue weighted by Gasteiger charge is 2.17. The van der Waals surface area contributed by atoms with Gasteiger partial charge >= 0.3 is 0 Å². The van der Waals surface area contributed by atoms with Gasteiger partial charge in [-0.15, -0.1) is 0 Å². The first-order valence-electron chi connectivity index (χ1n) is 4.81. The van der Waals surface area contributed by atoms with Crippen molar-refractivity contribution in [2.24, 2.45) is 0 Å². The zero-order chi connectivity index (χ0) is 10.7. The van der Waals surface area contributed by atoms with Crippen molar-refractivity contribution in [3.8, 4) is 0 Å². The van der Waals surface area contributed by atoms with Crippen LogP contribution in [0, 0.1) is 5.82 Å². The monoisotopic (exact) mass is 247 g/mol. The van der Waals surface area contributed by atoms with E-state index >= 15 is 0 Å². The molecule has 1 aromatic heterocycles. The summed E-state index contributed by atoms with van der Waals surface area (Å²) in [7, 11) is 0. The third-order valence-corrected chi connectivity index (χ3v) is 3.76. The Morgan fingerprint density at radius 1 is 1.47 bits per heavy atom. The topological polar surface area (TPSA) is 22.1 Å². The summed E-state index contributed by atoms with van der Waals surface area (Å²) < 4.78 is 18.6. The zero-order valence-corrected chi connectivity index (χ0v) is 9.65. The van der Waals surface area contributed by atoms with Crippen molar-refractivity contribution in [2.45, 2.75) is 23.1 Å². The van der Waals surface area contributed by atoms with Gasteiger partial charge in [0.1, 0.15) is 5.03 Å². The Labute approximate surface area is 97.2 Å². The van der Waals surface area contributed by atoms with E-state index in [1.165, 1.54) is 24.0 Å². The van der Waals surface area contributed by atoms with Gasteiger partial charge in [-0.2, -0.15) is 0 Å². The Bertz CT molecular complexity index is 344. The van der Waals surface area contributed by atoms with Crippen LogP contribution >= 0.6 is 23.4 Å². The first-order chi connectivity index (χ1) is 7.25. The number of aromatic nitrogens is 1. The van der Waals surface area contributed by atoms with E-state index in [0.29, 0.717) is 15.3 Å². The van der Waals surface area contributed by atoms with E-state index in [4.69, 9.17) is 16.3 Å². The first-order valence-corrected chi connectivity index (χ1v) is 6.07. The van der Waals surface area contributed by atoms with Gasteiger partial charge in [-0.3, -0.25) is 0 Å². The van der Waals surface area contributed by atoms with Crippen LogP contribution in [-0.2, 0) is 4.74 Å². The van der Waals surface area contributed by atoms with E-state index in [1.54, 1.807) is 0 Å². The molecule has 0 N–H and O–H groups in total. The number of hydrogen-bond acceptors (Lipinski definition) is 3. The fourth-order valence-corrected chi connectivity index (χ4v) is 2.61. The number of halogens is 2. The van der Waals surface area contributed by atoms with Crippen molar-refractivity contribution in [1.82, 2.24) is 4.98 Å². The van der Waals surface area contributed by atoms with Gasteiger partial charge in [0, 0.05) is 24.7 Å². The lowest BCUT2D eigenvalue weighted by molar-refractivity contribution is 0.1000. The zero-order valence-electron chi connectivity index (χ0n) is 8.08. The molecule has 1 aliphatic rings. The van der Waals surface area contributed by atoms with E-state index in [9.17, 15) is 4.39 Å². The molecule has 0 spiro atoms. The summed E-state index contributed by atoms with van der Waals surface area (Å²) in [4.78, 5) is 3.99. The minimum absolute atomic E-state index is 0.334. The summed E-state index contributed by atoms with van der Waals surface area (Å²) in [5.74, 6) is -0.334. The first kappa shape index (κ1) is 11.2. The highest BCUT2D eigenvalue weighted by molar-refractivity contribution is 7.99. The van der Waals surface area contributed by atoms with Gasteiger partial charge in [0.2, 0.25) is 0 Å². The molecule has 1 saturated heterocycles. The summed E-state index contributed by atoms with van der Waals surface area (Å²) in [6, 6.07) is 1.30. The van der Waals surface area contributed by atoms with Gasteiger partial charge in [0.15, 0.2) is 5.82 Å². The molecule has 1 aliphatic heterocycles. The highest BCUT2D eigenvalue weighted by atomic mass is 35.5. The molecule has 2 heterocycles. The van der Waals surface area contributed by atoms with Crippen LogP contribution in [-0.4, -0.2) is 23.4 Å². The summed E-state index contributed by atoms with van der Waals surface area (Å²) >= 11 is 7.10. The maximum absolute atomic E-state index is 13.4. The average Bonchev–Trinajstić information content (AvgIpc) is 2.24. The molecule has 15 heavy (non-hydrogen) atoms. The van der Waals surface area contributed by atoms with Crippen molar-refractivity contribution < 1.29 is 9.13 Å². The van der Waals surface area contributed by atoms with Crippen LogP contribution in [0.1, 0.15) is 12.8 Å². The molecular weight excluding hydrogens is 237 g/mol. The Hall–Kier alpha value is -0.320. The van der Waals surface area contributed by atoms with Crippen LogP contribution in [0.25, 0.3) is 0 Å². The second kappa shape index (κ2) is 5.14. The molecule has 0 aromatic carbocycles. The molecule has 0 saturated carbocycles. The Morgan fingerprint density at radius 2 is 2.20 bits per heavy atom. The Balaban J connectivity index is 2.03. The van der Waals surface area contributed by atoms with E-state index in [-0.39, 0.29) is 5.82 Å². The third-order valence-electron chi connectivity index (χ3n) is 2.22. The summed E-state index contributed by atoms with van der Waals surface area (Å²) in [5, 5.41) is 1.18. The summed E-state index contributed by atoms with van der Waals surface area (Å²) in [6.45, 7) is 1.51. The van der Waals surface area contributed by atoms with Crippen LogP contribution in [0.3, 0.4) is 0 Å². The fraction of sp³-hybridized carbons (Fsp3) is 0.500. The molecule has 0 amide bonds. The average molecular weight is 248 g/mol. The smallest absolute Gasteiger partial charge is 0.156 e. The molecule has 5 heteroatoms. The lowest BCUT2D eigenvalue weighted by Crippen LogP contribution is -2.17. The maximum atomic E-state index is 13.4. The van der Waals surface area contributed by atoms with Crippen LogP contribution in [0.4, 0.5) is 4.39 Å². The van der Waals surface area contributed by atoms with Gasteiger partial charge in [-0.05, 0) is 18.9 Å². The highest BCUT2D eigenvalue weighted by Crippen LogP contribution is 2.30. The second-order valence-corrected chi connectivity index (χ2v) is 5.10. The lowest BCUT2D eigenvalue weighted by Gasteiger charge is -2.20. The van der Waals surface area contributed by atoms with Gasteiger partial charge in [0.25, 0.3) is 0 Å². The predicted molar refractivity (Wildman–Crippen MR) is 58.9 cm³/mol. The van der Waals surface area contributed by atoms with Crippen LogP contribution < -0.4 is 0 Å². The van der Waals surface area contributed by atoms with Crippen LogP contribution in [0.15, 0.2) is 17.3 Å². The number of pyridine rings is 1. The van der Waals surface area contributed by atoms with E-state index < -0.39 is 0 Å². The minimum atomic E-state index is -0.334. The van der Waals surface area contributed by atoms with E-state index in [1.807, 2.05) is 0 Å². The molecular formula is C10H11ClFNOS. The third kappa shape index (κ3) is 3.06. The predicted octanol–water partition coefficient (Wildman–Crippen LogP) is 3.15. The molecule has 1 fully saturated rings. The van der Waals surface area contributed by atoms with Crippen molar-refractivity contribution in [2.75, 3.05) is 13.2 Å². The van der Waals surface area contributed by atoms with Gasteiger partial charge < -0.3 is 4.74 Å². The lowest BCUT2D eigenvalue weighted by atomic mass is 10.2. The number of ether oxygens (including phenoxy) is 1. The Morgan fingerprint density at radius 3 is 2.87 bits per heavy atom. The van der Waals surface area contributed by atoms with Gasteiger partial charge in [-0.25, -0.2) is 9.37 Å². The standard InChI is InChI=1S/C10H11ClFNOS/c11-7-5-9(12)10(13-6-7)15-8-1-3-14-4-2-8/h5-6,8H,1-4H2. The van der Waals surface area contributed by atoms with Crippen molar-refractivity contribution in [1.29, 1.82) is 0 Å². The van der Waals surface area contributed by atoms with Crippen molar-refractivity contribution in [3.63, 3.8) is 0 Å². The maximum Gasteiger partial charge on any atom is 0.156 e. The molecule has 2 nitrogen and oxygen atoms in total. The molecule has 82 valence electrons. The fourth-order valence-electron chi connectivity index (χ4n) is 1.44. The normalized spacial score (nSPS) is 18.0. The van der Waals surface area contributed by atoms with Crippen molar-refractivity contribution >= 4 is 23.4 Å². The molecule has 0 atom stereocenters. The van der Waals surface area contributed by atoms with Gasteiger partial charge in [0.05, 0.1) is 5.02 Å². The molecule has 0 aliphatic carbocycles. The number of nitrogens with zero attached hydrogens (tertiary/aromatic N) is 1. The molecule has 0 unspecified atom stereocenters. The molecule has 0 bridgehead atoms. The summed E-state index contributed by atoms with van der Waals surface area (Å²) in [5.41, 5.74) is 0. The largest absolute Gasteiger partial charge is 0.381 e. The molecule has 2 rings (SSSR count). The summed E-state index contributed by atoms with van der Waals surface area (Å²) in [6.07, 6.45) is 3.38. The molecule has 0 radical (unpaired) electrons. The SMILES string of the molecule is Fc1cc(Cl)cnc1SC1CCOCC1. The Kier molecular flexibility index (Phi) is 3.83. The second-order valence-electron chi connectivity index (χ2n) is 3.37. The van der Waals surface area contributed by atoms with Crippen LogP contribution in [0.5, 0.6) is 0 Å². The van der Waals surface area contributed by atoms with Crippen molar-refractivity contribution in [3.05, 3.63) is 23.1 Å². The van der Waals surface area contributed by atoms with Crippen LogP contribution in [0.2, 0.25) is 5.02 Å². The minimum Gasteiger partial charge on any atom is -0.381 e. The number of hydrogen-bond donors (Lipinski definition) is 0. The molecule has 1 aromatic rings. The number of thioether (sulfide) groups is 1. The quantitative estimate of drug-likeness (QED) is 0.802. The number of rotatable bonds is 2. The van der Waals surface area contributed by atoms with Gasteiger partial charge in [-0.1, -0.05) is 23.4 Å². The van der Waals surface area contributed by atoms with E-state index in [2.05, 4.69) is 4.98 Å². The van der Waals surface area contributed by atoms with E-state index in [0.717, 1.165) is 26.1 Å².